The van der Waals surface area contributed by atoms with E-state index >= 15 is 0 Å². The van der Waals surface area contributed by atoms with E-state index in [4.69, 9.17) is 5.10 Å². The Morgan fingerprint density at radius 2 is 2.04 bits per heavy atom. The molecule has 5 rings (SSSR count). The molecule has 0 saturated heterocycles. The van der Waals surface area contributed by atoms with Crippen molar-refractivity contribution in [2.45, 2.75) is 44.7 Å². The Balaban J connectivity index is 1.52. The minimum Gasteiger partial charge on any atom is -0.330 e. The Kier molecular flexibility index (Phi) is 3.89. The summed E-state index contributed by atoms with van der Waals surface area (Å²) in [6, 6.07) is 12.7. The predicted molar refractivity (Wildman–Crippen MR) is 103 cm³/mol. The van der Waals surface area contributed by atoms with Crippen molar-refractivity contribution in [3.8, 4) is 5.69 Å². The van der Waals surface area contributed by atoms with E-state index in [0.717, 1.165) is 43.4 Å². The molecule has 1 fully saturated rings. The van der Waals surface area contributed by atoms with Gasteiger partial charge in [0.1, 0.15) is 0 Å². The molecule has 0 N–H and O–H groups in total. The number of thiophene rings is 1. The zero-order valence-corrected chi connectivity index (χ0v) is 15.4. The van der Waals surface area contributed by atoms with Crippen molar-refractivity contribution in [2.75, 3.05) is 0 Å². The van der Waals surface area contributed by atoms with Crippen LogP contribution < -0.4 is 0 Å². The van der Waals surface area contributed by atoms with Gasteiger partial charge in [0.15, 0.2) is 5.69 Å². The predicted octanol–water partition coefficient (Wildman–Crippen LogP) is 4.23. The first-order chi connectivity index (χ1) is 12.8. The van der Waals surface area contributed by atoms with E-state index in [1.807, 2.05) is 27.8 Å². The summed E-state index contributed by atoms with van der Waals surface area (Å²) < 4.78 is 1.99. The highest BCUT2D eigenvalue weighted by molar-refractivity contribution is 7.07. The molecule has 0 aliphatic heterocycles. The first kappa shape index (κ1) is 15.8. The van der Waals surface area contributed by atoms with E-state index in [0.29, 0.717) is 18.3 Å². The van der Waals surface area contributed by atoms with Crippen LogP contribution in [0.5, 0.6) is 0 Å². The highest BCUT2D eigenvalue weighted by Gasteiger charge is 2.36. The molecule has 4 nitrogen and oxygen atoms in total. The molecular weight excluding hydrogens is 342 g/mol. The van der Waals surface area contributed by atoms with Crippen LogP contribution in [0.15, 0.2) is 47.2 Å². The second-order valence-electron chi connectivity index (χ2n) is 7.17. The van der Waals surface area contributed by atoms with Gasteiger partial charge in [0.05, 0.1) is 5.69 Å². The number of hydrogen-bond donors (Lipinski definition) is 0. The molecule has 0 spiro atoms. The van der Waals surface area contributed by atoms with Crippen LogP contribution in [0.4, 0.5) is 0 Å². The SMILES string of the molecule is O=C(c1nn(-c2ccccc2)c2c1CCC2)N(Cc1ccsc1)C1CC1. The first-order valence-electron chi connectivity index (χ1n) is 9.29. The van der Waals surface area contributed by atoms with Crippen LogP contribution in [-0.4, -0.2) is 26.6 Å². The molecule has 26 heavy (non-hydrogen) atoms. The molecule has 1 aromatic carbocycles. The molecule has 2 aromatic heterocycles. The maximum absolute atomic E-state index is 13.4. The van der Waals surface area contributed by atoms with E-state index in [1.54, 1.807) is 11.3 Å². The number of nitrogens with zero attached hydrogens (tertiary/aromatic N) is 3. The fourth-order valence-electron chi connectivity index (χ4n) is 3.86. The lowest BCUT2D eigenvalue weighted by Gasteiger charge is -2.21. The summed E-state index contributed by atoms with van der Waals surface area (Å²) in [5, 5.41) is 9.00. The quantitative estimate of drug-likeness (QED) is 0.680. The van der Waals surface area contributed by atoms with Crippen molar-refractivity contribution in [1.82, 2.24) is 14.7 Å². The number of aromatic nitrogens is 2. The summed E-state index contributed by atoms with van der Waals surface area (Å²) in [7, 11) is 0. The Morgan fingerprint density at radius 3 is 2.77 bits per heavy atom. The zero-order valence-electron chi connectivity index (χ0n) is 14.6. The maximum Gasteiger partial charge on any atom is 0.275 e. The molecule has 2 aliphatic carbocycles. The minimum absolute atomic E-state index is 0.103. The number of fused-ring (bicyclic) bond motifs is 1. The molecule has 5 heteroatoms. The van der Waals surface area contributed by atoms with Crippen LogP contribution in [0.3, 0.4) is 0 Å². The summed E-state index contributed by atoms with van der Waals surface area (Å²) in [5.41, 5.74) is 5.30. The second-order valence-corrected chi connectivity index (χ2v) is 7.95. The first-order valence-corrected chi connectivity index (χ1v) is 10.2. The monoisotopic (exact) mass is 363 g/mol. The number of carbonyl (C=O) groups is 1. The zero-order chi connectivity index (χ0) is 17.5. The summed E-state index contributed by atoms with van der Waals surface area (Å²) >= 11 is 1.69. The van der Waals surface area contributed by atoms with E-state index in [9.17, 15) is 4.79 Å². The summed E-state index contributed by atoms with van der Waals surface area (Å²) in [6.07, 6.45) is 5.28. The third-order valence-corrected chi connectivity index (χ3v) is 6.05. The number of amides is 1. The molecule has 2 heterocycles. The van der Waals surface area contributed by atoms with Crippen molar-refractivity contribution in [3.05, 3.63) is 69.7 Å². The van der Waals surface area contributed by atoms with Gasteiger partial charge in [0.25, 0.3) is 5.91 Å². The van der Waals surface area contributed by atoms with Gasteiger partial charge in [0.2, 0.25) is 0 Å². The lowest BCUT2D eigenvalue weighted by molar-refractivity contribution is 0.0722. The third-order valence-electron chi connectivity index (χ3n) is 5.32. The van der Waals surface area contributed by atoms with E-state index in [-0.39, 0.29) is 5.91 Å². The van der Waals surface area contributed by atoms with Crippen LogP contribution in [-0.2, 0) is 19.4 Å². The molecule has 0 bridgehead atoms. The molecular formula is C21H21N3OS. The Hall–Kier alpha value is -2.40. The van der Waals surface area contributed by atoms with Crippen molar-refractivity contribution in [1.29, 1.82) is 0 Å². The number of rotatable bonds is 5. The highest BCUT2D eigenvalue weighted by atomic mass is 32.1. The molecule has 1 amide bonds. The number of para-hydroxylation sites is 1. The Labute approximate surface area is 157 Å². The summed E-state index contributed by atoms with van der Waals surface area (Å²) in [6.45, 7) is 0.694. The molecule has 0 unspecified atom stereocenters. The lowest BCUT2D eigenvalue weighted by atomic mass is 10.1. The van der Waals surface area contributed by atoms with Gasteiger partial charge in [-0.2, -0.15) is 16.4 Å². The highest BCUT2D eigenvalue weighted by Crippen LogP contribution is 2.33. The number of benzene rings is 1. The van der Waals surface area contributed by atoms with Crippen LogP contribution in [0.1, 0.15) is 46.6 Å². The molecule has 132 valence electrons. The smallest absolute Gasteiger partial charge is 0.275 e. The van der Waals surface area contributed by atoms with E-state index in [2.05, 4.69) is 29.0 Å². The molecule has 1 saturated carbocycles. The van der Waals surface area contributed by atoms with Crippen molar-refractivity contribution in [3.63, 3.8) is 0 Å². The Morgan fingerprint density at radius 1 is 1.19 bits per heavy atom. The Bertz CT molecular complexity index is 926. The van der Waals surface area contributed by atoms with Gasteiger partial charge in [-0.1, -0.05) is 18.2 Å². The van der Waals surface area contributed by atoms with Crippen molar-refractivity contribution < 1.29 is 4.79 Å². The lowest BCUT2D eigenvalue weighted by Crippen LogP contribution is -2.33. The minimum atomic E-state index is 0.103. The maximum atomic E-state index is 13.4. The topological polar surface area (TPSA) is 38.1 Å². The second kappa shape index (κ2) is 6.40. The van der Waals surface area contributed by atoms with Gasteiger partial charge in [-0.3, -0.25) is 4.79 Å². The molecule has 0 radical (unpaired) electrons. The average Bonchev–Trinajstić information content (AvgIpc) is 3.08. The van der Waals surface area contributed by atoms with Crippen LogP contribution in [0, 0.1) is 0 Å². The summed E-state index contributed by atoms with van der Waals surface area (Å²) in [5.74, 6) is 0.103. The molecule has 2 aliphatic rings. The van der Waals surface area contributed by atoms with Crippen LogP contribution in [0.2, 0.25) is 0 Å². The van der Waals surface area contributed by atoms with Crippen LogP contribution >= 0.6 is 11.3 Å². The van der Waals surface area contributed by atoms with Gasteiger partial charge in [-0.25, -0.2) is 4.68 Å². The molecule has 3 aromatic rings. The molecule has 0 atom stereocenters. The standard InChI is InChI=1S/C21H21N3OS/c25-21(23(16-9-10-16)13-15-11-12-26-14-15)20-18-7-4-8-19(18)24(22-20)17-5-2-1-3-6-17/h1-3,5-6,11-12,14,16H,4,7-10,13H2. The van der Waals surface area contributed by atoms with E-state index in [1.165, 1.54) is 11.3 Å². The van der Waals surface area contributed by atoms with Gasteiger partial charge in [0, 0.05) is 23.8 Å². The van der Waals surface area contributed by atoms with Crippen molar-refractivity contribution in [2.24, 2.45) is 0 Å². The largest absolute Gasteiger partial charge is 0.330 e. The number of carbonyl (C=O) groups excluding carboxylic acids is 1. The fourth-order valence-corrected chi connectivity index (χ4v) is 4.52. The fraction of sp³-hybridized carbons (Fsp3) is 0.333. The van der Waals surface area contributed by atoms with Gasteiger partial charge in [-0.05, 0) is 66.6 Å². The van der Waals surface area contributed by atoms with E-state index < -0.39 is 0 Å². The van der Waals surface area contributed by atoms with Gasteiger partial charge in [-0.15, -0.1) is 0 Å². The van der Waals surface area contributed by atoms with Crippen molar-refractivity contribution >= 4 is 17.2 Å². The van der Waals surface area contributed by atoms with Gasteiger partial charge < -0.3 is 4.90 Å². The summed E-state index contributed by atoms with van der Waals surface area (Å²) in [4.78, 5) is 15.5. The number of hydrogen-bond acceptors (Lipinski definition) is 3. The van der Waals surface area contributed by atoms with Crippen LogP contribution in [0.25, 0.3) is 5.69 Å². The normalized spacial score (nSPS) is 15.8. The van der Waals surface area contributed by atoms with Gasteiger partial charge >= 0.3 is 0 Å². The third kappa shape index (κ3) is 2.76. The average molecular weight is 363 g/mol.